The van der Waals surface area contributed by atoms with Crippen LogP contribution in [0, 0.1) is 0 Å². The third-order valence-electron chi connectivity index (χ3n) is 2.32. The minimum Gasteiger partial charge on any atom is -0.383 e. The molecule has 0 radical (unpaired) electrons. The number of aromatic amines is 1. The van der Waals surface area contributed by atoms with Gasteiger partial charge in [0.25, 0.3) is 0 Å². The lowest BCUT2D eigenvalue weighted by Crippen LogP contribution is -2.02. The summed E-state index contributed by atoms with van der Waals surface area (Å²) in [5.41, 5.74) is 2.24. The highest BCUT2D eigenvalue weighted by Crippen LogP contribution is 2.20. The highest BCUT2D eigenvalue weighted by Gasteiger charge is 2.00. The Kier molecular flexibility index (Phi) is 3.50. The van der Waals surface area contributed by atoms with E-state index in [9.17, 15) is 0 Å². The van der Waals surface area contributed by atoms with Crippen LogP contribution in [0.3, 0.4) is 0 Å². The van der Waals surface area contributed by atoms with Gasteiger partial charge in [0.1, 0.15) is 0 Å². The number of nitrogens with zero attached hydrogens (tertiary/aromatic N) is 1. The standard InChI is InChI=1S/C11H15N3S/c1-15-7-3-6-12-10-5-2-4-9-8-13-14-11(9)10/h2,4-5,8,12H,3,6-7H2,1H3,(H,13,14). The van der Waals surface area contributed by atoms with Crippen LogP contribution in [0.5, 0.6) is 0 Å². The largest absolute Gasteiger partial charge is 0.383 e. The molecule has 0 aliphatic rings. The van der Waals surface area contributed by atoms with Gasteiger partial charge in [0.05, 0.1) is 17.4 Å². The van der Waals surface area contributed by atoms with Crippen LogP contribution in [0.25, 0.3) is 10.9 Å². The van der Waals surface area contributed by atoms with E-state index in [4.69, 9.17) is 0 Å². The lowest BCUT2D eigenvalue weighted by atomic mass is 10.2. The Morgan fingerprint density at radius 1 is 1.47 bits per heavy atom. The molecule has 2 N–H and O–H groups in total. The van der Waals surface area contributed by atoms with E-state index in [1.165, 1.54) is 12.2 Å². The number of fused-ring (bicyclic) bond motifs is 1. The van der Waals surface area contributed by atoms with Crippen LogP contribution in [-0.2, 0) is 0 Å². The summed E-state index contributed by atoms with van der Waals surface area (Å²) < 4.78 is 0. The molecule has 0 atom stereocenters. The molecular formula is C11H15N3S. The smallest absolute Gasteiger partial charge is 0.0881 e. The van der Waals surface area contributed by atoms with Crippen molar-refractivity contribution in [2.24, 2.45) is 0 Å². The number of rotatable bonds is 5. The second-order valence-electron chi connectivity index (χ2n) is 3.41. The monoisotopic (exact) mass is 221 g/mol. The Morgan fingerprint density at radius 3 is 3.27 bits per heavy atom. The molecule has 2 rings (SSSR count). The molecule has 0 unspecified atom stereocenters. The SMILES string of the molecule is CSCCCNc1cccc2cn[nH]c12. The summed E-state index contributed by atoms with van der Waals surface area (Å²) in [6.45, 7) is 1.01. The van der Waals surface area contributed by atoms with Crippen LogP contribution in [0.15, 0.2) is 24.4 Å². The first kappa shape index (κ1) is 10.4. The molecule has 1 heterocycles. The number of nitrogens with one attached hydrogen (secondary N) is 2. The third kappa shape index (κ3) is 2.45. The third-order valence-corrected chi connectivity index (χ3v) is 3.01. The van der Waals surface area contributed by atoms with Crippen molar-refractivity contribution in [3.05, 3.63) is 24.4 Å². The number of H-pyrrole nitrogens is 1. The van der Waals surface area contributed by atoms with Crippen molar-refractivity contribution >= 4 is 28.4 Å². The van der Waals surface area contributed by atoms with Crippen molar-refractivity contribution in [3.8, 4) is 0 Å². The average molecular weight is 221 g/mol. The zero-order valence-corrected chi connectivity index (χ0v) is 9.60. The predicted octanol–water partition coefficient (Wildman–Crippen LogP) is 2.73. The van der Waals surface area contributed by atoms with Gasteiger partial charge in [0.15, 0.2) is 0 Å². The Labute approximate surface area is 93.6 Å². The first-order valence-corrected chi connectivity index (χ1v) is 6.46. The van der Waals surface area contributed by atoms with Gasteiger partial charge in [0.2, 0.25) is 0 Å². The summed E-state index contributed by atoms with van der Waals surface area (Å²) in [7, 11) is 0. The van der Waals surface area contributed by atoms with E-state index in [0.29, 0.717) is 0 Å². The number of hydrogen-bond donors (Lipinski definition) is 2. The molecule has 0 saturated heterocycles. The molecular weight excluding hydrogens is 206 g/mol. The van der Waals surface area contributed by atoms with Crippen molar-refractivity contribution in [1.82, 2.24) is 10.2 Å². The molecule has 1 aromatic heterocycles. The van der Waals surface area contributed by atoms with Crippen molar-refractivity contribution in [2.45, 2.75) is 6.42 Å². The molecule has 1 aromatic carbocycles. The predicted molar refractivity (Wildman–Crippen MR) is 67.6 cm³/mol. The average Bonchev–Trinajstić information content (AvgIpc) is 2.73. The second-order valence-corrected chi connectivity index (χ2v) is 4.40. The quantitative estimate of drug-likeness (QED) is 0.763. The fourth-order valence-electron chi connectivity index (χ4n) is 1.56. The van der Waals surface area contributed by atoms with Crippen LogP contribution in [0.2, 0.25) is 0 Å². The van der Waals surface area contributed by atoms with Gasteiger partial charge in [-0.3, -0.25) is 5.10 Å². The van der Waals surface area contributed by atoms with Gasteiger partial charge in [0, 0.05) is 11.9 Å². The van der Waals surface area contributed by atoms with Crippen LogP contribution >= 0.6 is 11.8 Å². The Hall–Kier alpha value is -1.16. The van der Waals surface area contributed by atoms with Crippen LogP contribution in [0.4, 0.5) is 5.69 Å². The molecule has 3 nitrogen and oxygen atoms in total. The fourth-order valence-corrected chi connectivity index (χ4v) is 1.99. The number of para-hydroxylation sites is 1. The zero-order chi connectivity index (χ0) is 10.5. The summed E-state index contributed by atoms with van der Waals surface area (Å²) >= 11 is 1.88. The molecule has 0 spiro atoms. The molecule has 0 amide bonds. The molecule has 15 heavy (non-hydrogen) atoms. The van der Waals surface area contributed by atoms with E-state index >= 15 is 0 Å². The van der Waals surface area contributed by atoms with Crippen molar-refractivity contribution < 1.29 is 0 Å². The maximum Gasteiger partial charge on any atom is 0.0881 e. The molecule has 2 aromatic rings. The molecule has 0 aliphatic heterocycles. The van der Waals surface area contributed by atoms with E-state index < -0.39 is 0 Å². The molecule has 0 fully saturated rings. The zero-order valence-electron chi connectivity index (χ0n) is 8.79. The number of benzene rings is 1. The Morgan fingerprint density at radius 2 is 2.40 bits per heavy atom. The molecule has 0 aliphatic carbocycles. The Bertz CT molecular complexity index is 424. The number of thioether (sulfide) groups is 1. The topological polar surface area (TPSA) is 40.7 Å². The van der Waals surface area contributed by atoms with Gasteiger partial charge < -0.3 is 5.32 Å². The summed E-state index contributed by atoms with van der Waals surface area (Å²) in [5, 5.41) is 11.6. The minimum absolute atomic E-state index is 1.01. The van der Waals surface area contributed by atoms with E-state index in [0.717, 1.165) is 23.1 Å². The van der Waals surface area contributed by atoms with Crippen LogP contribution in [-0.4, -0.2) is 28.8 Å². The van der Waals surface area contributed by atoms with E-state index in [1.807, 2.05) is 18.0 Å². The molecule has 0 saturated carbocycles. The number of aromatic nitrogens is 2. The maximum absolute atomic E-state index is 4.04. The molecule has 80 valence electrons. The van der Waals surface area contributed by atoms with Gasteiger partial charge in [-0.15, -0.1) is 0 Å². The van der Waals surface area contributed by atoms with E-state index in [1.54, 1.807) is 0 Å². The second kappa shape index (κ2) is 5.07. The number of anilines is 1. The Balaban J connectivity index is 2.04. The van der Waals surface area contributed by atoms with Gasteiger partial charge >= 0.3 is 0 Å². The van der Waals surface area contributed by atoms with E-state index in [2.05, 4.69) is 40.0 Å². The van der Waals surface area contributed by atoms with Gasteiger partial charge in [-0.25, -0.2) is 0 Å². The highest BCUT2D eigenvalue weighted by atomic mass is 32.2. The minimum atomic E-state index is 1.01. The normalized spacial score (nSPS) is 10.7. The molecule has 4 heteroatoms. The van der Waals surface area contributed by atoms with Crippen molar-refractivity contribution in [2.75, 3.05) is 23.9 Å². The lowest BCUT2D eigenvalue weighted by Gasteiger charge is -2.06. The van der Waals surface area contributed by atoms with Crippen LogP contribution < -0.4 is 5.32 Å². The van der Waals surface area contributed by atoms with Gasteiger partial charge in [-0.2, -0.15) is 16.9 Å². The van der Waals surface area contributed by atoms with Gasteiger partial charge in [-0.05, 0) is 24.5 Å². The fraction of sp³-hybridized carbons (Fsp3) is 0.364. The van der Waals surface area contributed by atoms with Crippen LogP contribution in [0.1, 0.15) is 6.42 Å². The highest BCUT2D eigenvalue weighted by molar-refractivity contribution is 7.98. The summed E-state index contributed by atoms with van der Waals surface area (Å²) in [5.74, 6) is 1.20. The van der Waals surface area contributed by atoms with Gasteiger partial charge in [-0.1, -0.05) is 12.1 Å². The van der Waals surface area contributed by atoms with Crippen molar-refractivity contribution in [1.29, 1.82) is 0 Å². The number of hydrogen-bond acceptors (Lipinski definition) is 3. The van der Waals surface area contributed by atoms with E-state index in [-0.39, 0.29) is 0 Å². The molecule has 0 bridgehead atoms. The first-order chi connectivity index (χ1) is 7.42. The summed E-state index contributed by atoms with van der Waals surface area (Å²) in [6.07, 6.45) is 5.17. The first-order valence-electron chi connectivity index (χ1n) is 5.06. The van der Waals surface area contributed by atoms with Crippen molar-refractivity contribution in [3.63, 3.8) is 0 Å². The summed E-state index contributed by atoms with van der Waals surface area (Å²) in [6, 6.07) is 6.19. The maximum atomic E-state index is 4.04. The summed E-state index contributed by atoms with van der Waals surface area (Å²) in [4.78, 5) is 0. The lowest BCUT2D eigenvalue weighted by molar-refractivity contribution is 0.993.